The molecule has 0 bridgehead atoms. The maximum atomic E-state index is 13.3. The van der Waals surface area contributed by atoms with Crippen molar-refractivity contribution < 1.29 is 114 Å². The first-order valence-electron chi connectivity index (χ1n) is 30.3. The fourth-order valence-corrected chi connectivity index (χ4v) is 13.7. The molecule has 0 radical (unpaired) electrons. The molecule has 0 N–H and O–H groups in total. The number of carbonyl (C=O) groups excluding carboxylic acids is 4. The summed E-state index contributed by atoms with van der Waals surface area (Å²) >= 11 is 2.45. The second-order valence-corrected chi connectivity index (χ2v) is 25.5. The molecule has 4 aliphatic rings. The predicted molar refractivity (Wildman–Crippen MR) is 316 cm³/mol. The summed E-state index contributed by atoms with van der Waals surface area (Å²) in [6, 6.07) is 6.60. The van der Waals surface area contributed by atoms with Gasteiger partial charge < -0.3 is 52.4 Å². The summed E-state index contributed by atoms with van der Waals surface area (Å²) in [5, 5.41) is 0. The number of alkyl halides is 1. The van der Waals surface area contributed by atoms with Gasteiger partial charge in [0.05, 0.1) is 50.1 Å². The van der Waals surface area contributed by atoms with Crippen LogP contribution in [-0.4, -0.2) is 93.2 Å². The van der Waals surface area contributed by atoms with Crippen LogP contribution in [-0.2, 0) is 61.9 Å². The maximum absolute atomic E-state index is 13.3. The average Bonchev–Trinajstić information content (AvgIpc) is 4.21. The normalized spacial score (nSPS) is 22.5. The number of carbonyl (C=O) groups is 4. The molecule has 2 heterocycles. The van der Waals surface area contributed by atoms with Crippen molar-refractivity contribution >= 4 is 56.2 Å². The fourth-order valence-electron chi connectivity index (χ4n) is 11.7. The van der Waals surface area contributed by atoms with Crippen LogP contribution in [0.25, 0.3) is 0 Å². The molecule has 1 aromatic carbocycles. The van der Waals surface area contributed by atoms with E-state index in [1.807, 2.05) is 46.8 Å². The van der Waals surface area contributed by atoms with Crippen molar-refractivity contribution in [3.05, 3.63) is 54.1 Å². The molecule has 2 saturated heterocycles. The SMILES string of the molecule is CCCCCCCC1(CC[C@H]2[C@H](CI)CC(=O)[C@@H]2CC=CCCCC(=O)OC(C)C)OCCO1.CCCCCCCC1(CC[C@H]2[C@H](COS(=O)(=O)c3ccc(C)cc3)CC(=O)[C@@H]2CC=CCCCC(=O)OC(C)C)OCCO1.[I-].[Na+]. The van der Waals surface area contributed by atoms with E-state index in [1.165, 1.54) is 44.9 Å². The van der Waals surface area contributed by atoms with Gasteiger partial charge in [-0.05, 0) is 135 Å². The van der Waals surface area contributed by atoms with Crippen molar-refractivity contribution in [3.63, 3.8) is 0 Å². The van der Waals surface area contributed by atoms with Crippen LogP contribution in [0.1, 0.15) is 214 Å². The zero-order chi connectivity index (χ0) is 56.8. The van der Waals surface area contributed by atoms with Gasteiger partial charge in [0, 0.05) is 67.6 Å². The van der Waals surface area contributed by atoms with Crippen molar-refractivity contribution in [1.29, 1.82) is 0 Å². The van der Waals surface area contributed by atoms with Crippen molar-refractivity contribution in [1.82, 2.24) is 0 Å². The van der Waals surface area contributed by atoms with Crippen LogP contribution in [0.5, 0.6) is 0 Å². The van der Waals surface area contributed by atoms with Crippen LogP contribution >= 0.6 is 22.6 Å². The van der Waals surface area contributed by atoms with Crippen LogP contribution in [0.2, 0.25) is 0 Å². The second kappa shape index (κ2) is 41.3. The van der Waals surface area contributed by atoms with Gasteiger partial charge in [-0.2, -0.15) is 8.42 Å². The molecule has 6 atom stereocenters. The maximum Gasteiger partial charge on any atom is 1.00 e. The van der Waals surface area contributed by atoms with Gasteiger partial charge >= 0.3 is 41.5 Å². The van der Waals surface area contributed by atoms with Gasteiger partial charge in [0.15, 0.2) is 11.6 Å². The van der Waals surface area contributed by atoms with Gasteiger partial charge in [-0.15, -0.1) is 0 Å². The Morgan fingerprint density at radius 2 is 1.04 bits per heavy atom. The molecule has 0 spiro atoms. The molecule has 4 fully saturated rings. The third kappa shape index (κ3) is 27.7. The molecule has 80 heavy (non-hydrogen) atoms. The first-order valence-corrected chi connectivity index (χ1v) is 33.2. The number of ether oxygens (including phenoxy) is 6. The molecular weight excluding hydrogens is 1270 g/mol. The number of hydrogen-bond donors (Lipinski definition) is 0. The quantitative estimate of drug-likeness (QED) is 0.0118. The number of esters is 2. The van der Waals surface area contributed by atoms with Gasteiger partial charge in [-0.3, -0.25) is 23.4 Å². The Morgan fingerprint density at radius 3 is 1.45 bits per heavy atom. The number of ketones is 2. The number of halogens is 2. The van der Waals surface area contributed by atoms with Crippen molar-refractivity contribution in [2.24, 2.45) is 35.5 Å². The Labute approximate surface area is 536 Å². The second-order valence-electron chi connectivity index (χ2n) is 23.0. The molecule has 5 rings (SSSR count). The zero-order valence-corrected chi connectivity index (χ0v) is 57.5. The number of allylic oxidation sites excluding steroid dienone is 4. The minimum absolute atomic E-state index is 0. The minimum Gasteiger partial charge on any atom is -1.00 e. The van der Waals surface area contributed by atoms with Crippen LogP contribution in [0, 0.1) is 42.4 Å². The Balaban J connectivity index is 0.000000550. The van der Waals surface area contributed by atoms with Crippen LogP contribution in [0.15, 0.2) is 53.5 Å². The summed E-state index contributed by atoms with van der Waals surface area (Å²) in [7, 11) is -3.94. The minimum atomic E-state index is -3.94. The molecule has 2 aliphatic carbocycles. The van der Waals surface area contributed by atoms with E-state index in [9.17, 15) is 27.6 Å². The third-order valence-corrected chi connectivity index (χ3v) is 18.4. The van der Waals surface area contributed by atoms with Crippen LogP contribution in [0.3, 0.4) is 0 Å². The molecule has 452 valence electrons. The van der Waals surface area contributed by atoms with Crippen molar-refractivity contribution in [2.45, 2.75) is 244 Å². The molecule has 0 amide bonds. The summed E-state index contributed by atoms with van der Waals surface area (Å²) in [6.07, 6.45) is 31.5. The van der Waals surface area contributed by atoms with Gasteiger partial charge in [-0.1, -0.05) is 130 Å². The zero-order valence-electron chi connectivity index (χ0n) is 50.3. The Kier molecular flexibility index (Phi) is 38.9. The summed E-state index contributed by atoms with van der Waals surface area (Å²) in [5.74, 6) is -0.363. The monoisotopic (exact) mass is 1370 g/mol. The number of hydrogen-bond acceptors (Lipinski definition) is 13. The van der Waals surface area contributed by atoms with Gasteiger partial charge in [0.1, 0.15) is 11.6 Å². The van der Waals surface area contributed by atoms with E-state index < -0.39 is 21.7 Å². The largest absolute Gasteiger partial charge is 1.00 e. The molecule has 2 aliphatic heterocycles. The predicted octanol–water partition coefficient (Wildman–Crippen LogP) is 8.68. The van der Waals surface area contributed by atoms with E-state index in [-0.39, 0.29) is 119 Å². The fraction of sp³-hybridized carbons (Fsp3) is 0.778. The van der Waals surface area contributed by atoms with E-state index in [1.54, 1.807) is 24.3 Å². The molecular formula is C63H101I2NaO13S. The third-order valence-electron chi connectivity index (χ3n) is 16.0. The summed E-state index contributed by atoms with van der Waals surface area (Å²) in [6.45, 7) is 16.2. The standard InChI is InChI=1S/C35H54O8S.C28H47IO5.HI.Na/c1-5-6-7-10-13-21-35(40-23-24-41-35)22-20-31-29(26-42-44(38,39)30-18-16-28(4)17-19-30)25-33(36)32(31)14-11-8-9-12-15-34(37)43-27(2)3;1-4-5-6-9-12-16-28(32-18-19-33-28)17-15-24-23(21-29)20-26(30)25(24)13-10-7-8-11-14-27(31)34-22(2)3;;/h8,11,16-19,27,29,31-32H,5-7,9-10,12-15,20-26H2,1-4H3;7,10,22-25H,4-6,8-9,11-21H2,1-3H3;1H;/q;;;+1/p-1/t29-,31-,32+;23-,24-,25+;;/m00../s1. The molecule has 0 aromatic heterocycles. The summed E-state index contributed by atoms with van der Waals surface area (Å²) in [4.78, 5) is 49.8. The first kappa shape index (κ1) is 75.3. The van der Waals surface area contributed by atoms with Crippen molar-refractivity contribution in [2.75, 3.05) is 37.5 Å². The number of rotatable bonds is 37. The number of aryl methyl sites for hydroxylation is 1. The first-order chi connectivity index (χ1) is 37.5. The van der Waals surface area contributed by atoms with E-state index in [4.69, 9.17) is 32.6 Å². The Morgan fingerprint density at radius 1 is 0.625 bits per heavy atom. The van der Waals surface area contributed by atoms with E-state index in [0.717, 1.165) is 80.6 Å². The topological polar surface area (TPSA) is 167 Å². The van der Waals surface area contributed by atoms with E-state index in [0.29, 0.717) is 95.4 Å². The van der Waals surface area contributed by atoms with Crippen LogP contribution < -0.4 is 53.5 Å². The van der Waals surface area contributed by atoms with Gasteiger partial charge in [0.25, 0.3) is 10.1 Å². The number of unbranched alkanes of at least 4 members (excludes halogenated alkanes) is 10. The van der Waals surface area contributed by atoms with E-state index >= 15 is 0 Å². The Bertz CT molecular complexity index is 2070. The van der Waals surface area contributed by atoms with Gasteiger partial charge in [0.2, 0.25) is 0 Å². The number of benzene rings is 1. The number of Topliss-reactive ketones (excluding diaryl/α,β-unsaturated/α-hetero) is 2. The molecule has 2 saturated carbocycles. The Hall–Kier alpha value is -0.810. The smallest absolute Gasteiger partial charge is 1.00 e. The van der Waals surface area contributed by atoms with Crippen LogP contribution in [0.4, 0.5) is 0 Å². The molecule has 17 heteroatoms. The van der Waals surface area contributed by atoms with Crippen molar-refractivity contribution in [3.8, 4) is 0 Å². The molecule has 13 nitrogen and oxygen atoms in total. The average molecular weight is 1380 g/mol. The molecule has 0 unspecified atom stereocenters. The van der Waals surface area contributed by atoms with Gasteiger partial charge in [-0.25, -0.2) is 0 Å². The van der Waals surface area contributed by atoms with E-state index in [2.05, 4.69) is 48.6 Å². The summed E-state index contributed by atoms with van der Waals surface area (Å²) < 4.78 is 67.5. The molecule has 1 aromatic rings. The summed E-state index contributed by atoms with van der Waals surface area (Å²) in [5.41, 5.74) is 0.965.